The lowest BCUT2D eigenvalue weighted by molar-refractivity contribution is -0.142. The number of thioether (sulfide) groups is 1. The Morgan fingerprint density at radius 3 is 2.25 bits per heavy atom. The van der Waals surface area contributed by atoms with Gasteiger partial charge in [-0.1, -0.05) is 51.1 Å². The van der Waals surface area contributed by atoms with Gasteiger partial charge in [-0.05, 0) is 80.8 Å². The largest absolute Gasteiger partial charge is 0.494 e. The van der Waals surface area contributed by atoms with Gasteiger partial charge in [-0.3, -0.25) is 14.4 Å². The van der Waals surface area contributed by atoms with Crippen molar-refractivity contribution in [2.24, 2.45) is 23.7 Å². The molecule has 2 aromatic rings. The van der Waals surface area contributed by atoms with Crippen LogP contribution in [0.4, 0.5) is 11.4 Å². The number of likely N-dealkylation sites (tertiary alicyclic amines) is 1. The molecule has 3 aliphatic rings. The Kier molecular flexibility index (Phi) is 10.8. The van der Waals surface area contributed by atoms with Crippen LogP contribution in [0.5, 0.6) is 5.75 Å². The van der Waals surface area contributed by atoms with Gasteiger partial charge in [-0.2, -0.15) is 0 Å². The van der Waals surface area contributed by atoms with Gasteiger partial charge >= 0.3 is 0 Å². The number of aliphatic hydroxyl groups excluding tert-OH is 1. The molecule has 258 valence electrons. The van der Waals surface area contributed by atoms with Crippen molar-refractivity contribution in [1.29, 1.82) is 0 Å². The predicted octanol–water partition coefficient (Wildman–Crippen LogP) is 6.18. The van der Waals surface area contributed by atoms with Crippen molar-refractivity contribution < 1.29 is 24.2 Å². The first-order valence-corrected chi connectivity index (χ1v) is 18.1. The third-order valence-electron chi connectivity index (χ3n) is 10.4. The first-order chi connectivity index (χ1) is 23.0. The van der Waals surface area contributed by atoms with Crippen LogP contribution in [0.2, 0.25) is 0 Å². The van der Waals surface area contributed by atoms with Gasteiger partial charge in [0.2, 0.25) is 11.8 Å². The van der Waals surface area contributed by atoms with Gasteiger partial charge in [0.1, 0.15) is 11.8 Å². The standard InChI is InChI=1S/C39H51N3O5S/c1-9-19-40(28-15-17-30(18-16-28)47-11-3)36(44)32-31-22-27(8)39(48-31)33(32)37(45)42(29(23-43)21-24(4)5)35(39)38(46)41(20-10-2)34-25(6)13-12-14-26(34)7/h9-10,12-18,24,27,29,31-33,35,43H,1-2,11,19-23H2,3-8H3/t27?,29-,31-,32+,33+,35?,39?/m1/s1. The Hall–Kier alpha value is -3.56. The number of hydrogen-bond donors (Lipinski definition) is 1. The summed E-state index contributed by atoms with van der Waals surface area (Å²) >= 11 is 1.65. The van der Waals surface area contributed by atoms with Crippen LogP contribution < -0.4 is 14.5 Å². The summed E-state index contributed by atoms with van der Waals surface area (Å²) in [5, 5.41) is 10.7. The Morgan fingerprint density at radius 2 is 1.69 bits per heavy atom. The van der Waals surface area contributed by atoms with E-state index >= 15 is 9.59 Å². The second kappa shape index (κ2) is 14.5. The average Bonchev–Trinajstić information content (AvgIpc) is 3.65. The van der Waals surface area contributed by atoms with Gasteiger partial charge in [0.15, 0.2) is 0 Å². The number of ether oxygens (including phenoxy) is 1. The molecule has 0 radical (unpaired) electrons. The molecular formula is C39H51N3O5S. The Bertz CT molecular complexity index is 1520. The number of aliphatic hydroxyl groups is 1. The number of fused-ring (bicyclic) bond motifs is 1. The Morgan fingerprint density at radius 1 is 1.06 bits per heavy atom. The summed E-state index contributed by atoms with van der Waals surface area (Å²) in [6, 6.07) is 11.9. The topological polar surface area (TPSA) is 90.4 Å². The van der Waals surface area contributed by atoms with Crippen LogP contribution in [0.25, 0.3) is 0 Å². The van der Waals surface area contributed by atoms with Gasteiger partial charge in [-0.25, -0.2) is 0 Å². The van der Waals surface area contributed by atoms with Crippen molar-refractivity contribution >= 4 is 40.9 Å². The number of para-hydroxylation sites is 1. The molecule has 2 bridgehead atoms. The molecule has 9 heteroatoms. The quantitative estimate of drug-likeness (QED) is 0.241. The minimum absolute atomic E-state index is 0.00952. The molecule has 3 saturated heterocycles. The SMILES string of the molecule is C=CCN(C(=O)[C@@H]1[C@H]2C(=O)N([C@@H](CO)CC(C)C)C(C(=O)N(CC=C)c3c(C)cccc3C)C23S[C@@H]1CC3C)c1ccc(OCC)cc1. The van der Waals surface area contributed by atoms with Crippen molar-refractivity contribution in [3.63, 3.8) is 0 Å². The normalized spacial score (nSPS) is 26.4. The first kappa shape index (κ1) is 35.7. The summed E-state index contributed by atoms with van der Waals surface area (Å²) < 4.78 is 4.80. The number of amides is 3. The Balaban J connectivity index is 1.63. The van der Waals surface area contributed by atoms with Crippen molar-refractivity contribution in [1.82, 2.24) is 4.90 Å². The summed E-state index contributed by atoms with van der Waals surface area (Å²) in [4.78, 5) is 50.2. The number of benzene rings is 2. The second-order valence-corrected chi connectivity index (χ2v) is 15.5. The van der Waals surface area contributed by atoms with Gasteiger partial charge in [-0.15, -0.1) is 24.9 Å². The maximum absolute atomic E-state index is 15.3. The fourth-order valence-corrected chi connectivity index (χ4v) is 11.0. The van der Waals surface area contributed by atoms with Crippen molar-refractivity contribution in [2.75, 3.05) is 36.1 Å². The average molecular weight is 674 g/mol. The lowest BCUT2D eigenvalue weighted by atomic mass is 9.65. The van der Waals surface area contributed by atoms with Crippen molar-refractivity contribution in [2.45, 2.75) is 76.5 Å². The summed E-state index contributed by atoms with van der Waals surface area (Å²) in [6.07, 6.45) is 4.67. The highest BCUT2D eigenvalue weighted by atomic mass is 32.2. The van der Waals surface area contributed by atoms with E-state index < -0.39 is 28.7 Å². The molecule has 7 atom stereocenters. The maximum atomic E-state index is 15.3. The third kappa shape index (κ3) is 5.98. The highest BCUT2D eigenvalue weighted by Crippen LogP contribution is 2.69. The lowest BCUT2D eigenvalue weighted by Crippen LogP contribution is -2.59. The van der Waals surface area contributed by atoms with Crippen molar-refractivity contribution in [3.05, 3.63) is 78.9 Å². The predicted molar refractivity (Wildman–Crippen MR) is 194 cm³/mol. The van der Waals surface area contributed by atoms with E-state index in [1.54, 1.807) is 38.6 Å². The van der Waals surface area contributed by atoms with Crippen LogP contribution in [0.1, 0.15) is 51.7 Å². The maximum Gasteiger partial charge on any atom is 0.251 e. The van der Waals surface area contributed by atoms with E-state index in [1.807, 2.05) is 63.2 Å². The molecule has 5 rings (SSSR count). The molecule has 0 saturated carbocycles. The van der Waals surface area contributed by atoms with E-state index in [9.17, 15) is 9.90 Å². The van der Waals surface area contributed by atoms with Crippen LogP contribution in [0, 0.1) is 37.5 Å². The summed E-state index contributed by atoms with van der Waals surface area (Å²) in [6.45, 7) is 20.9. The van der Waals surface area contributed by atoms with Gasteiger partial charge in [0.05, 0.1) is 35.8 Å². The smallest absolute Gasteiger partial charge is 0.251 e. The molecule has 3 heterocycles. The number of nitrogens with zero attached hydrogens (tertiary/aromatic N) is 3. The van der Waals surface area contributed by atoms with Gasteiger partial charge in [0, 0.05) is 29.7 Å². The molecule has 3 fully saturated rings. The zero-order valence-electron chi connectivity index (χ0n) is 29.2. The van der Waals surface area contributed by atoms with E-state index in [0.29, 0.717) is 30.9 Å². The number of carbonyl (C=O) groups excluding carboxylic acids is 3. The molecule has 1 spiro atoms. The molecule has 0 aromatic heterocycles. The summed E-state index contributed by atoms with van der Waals surface area (Å²) in [5.41, 5.74) is 3.42. The van der Waals surface area contributed by atoms with Crippen LogP contribution >= 0.6 is 11.8 Å². The fourth-order valence-electron chi connectivity index (χ4n) is 8.55. The Labute approximate surface area is 290 Å². The minimum Gasteiger partial charge on any atom is -0.494 e. The molecular weight excluding hydrogens is 623 g/mol. The number of aryl methyl sites for hydroxylation is 2. The van der Waals surface area contributed by atoms with E-state index in [1.165, 1.54) is 0 Å². The van der Waals surface area contributed by atoms with Crippen LogP contribution in [-0.4, -0.2) is 76.1 Å². The second-order valence-electron chi connectivity index (χ2n) is 13.9. The summed E-state index contributed by atoms with van der Waals surface area (Å²) in [7, 11) is 0. The lowest BCUT2D eigenvalue weighted by Gasteiger charge is -2.42. The zero-order chi connectivity index (χ0) is 34.9. The number of hydrogen-bond acceptors (Lipinski definition) is 6. The third-order valence-corrected chi connectivity index (χ3v) is 12.5. The van der Waals surface area contributed by atoms with E-state index in [4.69, 9.17) is 4.74 Å². The minimum atomic E-state index is -0.856. The van der Waals surface area contributed by atoms with Crippen LogP contribution in [-0.2, 0) is 14.4 Å². The highest BCUT2D eigenvalue weighted by Gasteiger charge is 2.77. The first-order valence-electron chi connectivity index (χ1n) is 17.2. The molecule has 8 nitrogen and oxygen atoms in total. The molecule has 2 aromatic carbocycles. The van der Waals surface area contributed by atoms with Gasteiger partial charge in [0.25, 0.3) is 5.91 Å². The molecule has 3 unspecified atom stereocenters. The number of carbonyl (C=O) groups is 3. The van der Waals surface area contributed by atoms with Crippen LogP contribution in [0.3, 0.4) is 0 Å². The molecule has 1 N–H and O–H groups in total. The molecule has 3 amide bonds. The number of rotatable bonds is 14. The van der Waals surface area contributed by atoms with Crippen LogP contribution in [0.15, 0.2) is 67.8 Å². The molecule has 3 aliphatic heterocycles. The van der Waals surface area contributed by atoms with Gasteiger partial charge < -0.3 is 24.5 Å². The van der Waals surface area contributed by atoms with E-state index in [-0.39, 0.29) is 54.5 Å². The number of anilines is 2. The van der Waals surface area contributed by atoms with E-state index in [0.717, 1.165) is 16.8 Å². The molecule has 0 aliphatic carbocycles. The molecule has 48 heavy (non-hydrogen) atoms. The van der Waals surface area contributed by atoms with E-state index in [2.05, 4.69) is 33.9 Å². The van der Waals surface area contributed by atoms with Crippen molar-refractivity contribution in [3.8, 4) is 5.75 Å². The zero-order valence-corrected chi connectivity index (χ0v) is 30.0. The highest BCUT2D eigenvalue weighted by molar-refractivity contribution is 8.02. The monoisotopic (exact) mass is 673 g/mol. The summed E-state index contributed by atoms with van der Waals surface area (Å²) in [5.74, 6) is -0.996. The fraction of sp³-hybridized carbons (Fsp3) is 0.513.